The molecule has 8 heavy (non-hydrogen) atoms. The molecule has 0 fully saturated rings. The van der Waals surface area contributed by atoms with E-state index < -0.39 is 5.97 Å². The van der Waals surface area contributed by atoms with Crippen molar-refractivity contribution in [3.8, 4) is 0 Å². The van der Waals surface area contributed by atoms with E-state index in [0.29, 0.717) is 6.61 Å². The Labute approximate surface area is 48.3 Å². The average Bonchev–Trinajstić information content (AvgIpc) is 1.66. The van der Waals surface area contributed by atoms with Gasteiger partial charge in [-0.1, -0.05) is 0 Å². The van der Waals surface area contributed by atoms with Crippen LogP contribution in [0.2, 0.25) is 0 Å². The molecule has 0 unspecified atom stereocenters. The van der Waals surface area contributed by atoms with Gasteiger partial charge in [-0.25, -0.2) is 0 Å². The highest BCUT2D eigenvalue weighted by Crippen LogP contribution is 1.79. The van der Waals surface area contributed by atoms with Gasteiger partial charge in [0.05, 0.1) is 13.0 Å². The number of carbonyl (C=O) groups is 1. The van der Waals surface area contributed by atoms with E-state index in [9.17, 15) is 4.79 Å². The first-order chi connectivity index (χ1) is 3.77. The Balaban J connectivity index is 2.82. The van der Waals surface area contributed by atoms with Crippen molar-refractivity contribution < 1.29 is 14.6 Å². The van der Waals surface area contributed by atoms with Crippen molar-refractivity contribution >= 4 is 5.97 Å². The summed E-state index contributed by atoms with van der Waals surface area (Å²) in [6, 6.07) is 0. The van der Waals surface area contributed by atoms with E-state index in [1.165, 1.54) is 0 Å². The van der Waals surface area contributed by atoms with E-state index in [1.54, 1.807) is 0 Å². The first-order valence-corrected chi connectivity index (χ1v) is 2.36. The van der Waals surface area contributed by atoms with Gasteiger partial charge in [0, 0.05) is 6.61 Å². The van der Waals surface area contributed by atoms with Crippen molar-refractivity contribution in [2.75, 3.05) is 13.2 Å². The number of aliphatic carboxylic acids is 1. The highest BCUT2D eigenvalue weighted by atomic mass is 16.5. The Kier molecular flexibility index (Phi) is 4.26. The molecule has 1 N–H and O–H groups in total. The van der Waals surface area contributed by atoms with Gasteiger partial charge in [0.1, 0.15) is 0 Å². The van der Waals surface area contributed by atoms with Crippen LogP contribution in [0.15, 0.2) is 0 Å². The highest BCUT2D eigenvalue weighted by molar-refractivity contribution is 5.66. The van der Waals surface area contributed by atoms with Crippen LogP contribution >= 0.6 is 0 Å². The van der Waals surface area contributed by atoms with Gasteiger partial charge in [-0.15, -0.1) is 0 Å². The van der Waals surface area contributed by atoms with Crippen LogP contribution in [0.4, 0.5) is 0 Å². The van der Waals surface area contributed by atoms with Gasteiger partial charge in [0.15, 0.2) is 0 Å². The fourth-order valence-corrected chi connectivity index (χ4v) is 0.262. The molecule has 0 atom stereocenters. The normalized spacial score (nSPS) is 9.12. The first-order valence-electron chi connectivity index (χ1n) is 2.36. The van der Waals surface area contributed by atoms with E-state index in [4.69, 9.17) is 5.11 Å². The number of hydrogen-bond acceptors (Lipinski definition) is 2. The van der Waals surface area contributed by atoms with Crippen LogP contribution in [-0.4, -0.2) is 24.3 Å². The summed E-state index contributed by atoms with van der Waals surface area (Å²) in [5.41, 5.74) is 0. The van der Waals surface area contributed by atoms with Gasteiger partial charge < -0.3 is 9.84 Å². The summed E-state index contributed by atoms with van der Waals surface area (Å²) >= 11 is 0. The summed E-state index contributed by atoms with van der Waals surface area (Å²) in [7, 11) is 0. The lowest BCUT2D eigenvalue weighted by atomic mass is 10.5. The molecule has 0 aromatic heterocycles. The predicted octanol–water partition coefficient (Wildman–Crippen LogP) is 0.312. The average molecular weight is 117 g/mol. The molecule has 0 rings (SSSR count). The Morgan fingerprint density at radius 1 is 1.75 bits per heavy atom. The van der Waals surface area contributed by atoms with Crippen molar-refractivity contribution in [1.29, 1.82) is 0 Å². The van der Waals surface area contributed by atoms with Gasteiger partial charge in [0.25, 0.3) is 0 Å². The summed E-state index contributed by atoms with van der Waals surface area (Å²) in [6.45, 7) is 3.97. The lowest BCUT2D eigenvalue weighted by Gasteiger charge is -1.93. The topological polar surface area (TPSA) is 46.5 Å². The Morgan fingerprint density at radius 3 is 2.75 bits per heavy atom. The van der Waals surface area contributed by atoms with E-state index in [-0.39, 0.29) is 13.0 Å². The fourth-order valence-electron chi connectivity index (χ4n) is 0.262. The van der Waals surface area contributed by atoms with Gasteiger partial charge >= 0.3 is 5.97 Å². The van der Waals surface area contributed by atoms with Crippen LogP contribution < -0.4 is 0 Å². The van der Waals surface area contributed by atoms with Crippen molar-refractivity contribution in [1.82, 2.24) is 0 Å². The monoisotopic (exact) mass is 117 g/mol. The second-order valence-electron chi connectivity index (χ2n) is 1.26. The minimum absolute atomic E-state index is 0.0650. The van der Waals surface area contributed by atoms with E-state index in [1.807, 2.05) is 0 Å². The van der Waals surface area contributed by atoms with Gasteiger partial charge in [-0.2, -0.15) is 0 Å². The molecule has 0 aliphatic rings. The molecule has 0 bridgehead atoms. The van der Waals surface area contributed by atoms with E-state index >= 15 is 0 Å². The van der Waals surface area contributed by atoms with Crippen LogP contribution in [0.3, 0.4) is 0 Å². The molecule has 0 amide bonds. The number of ether oxygens (including phenoxy) is 1. The van der Waals surface area contributed by atoms with Crippen molar-refractivity contribution in [3.05, 3.63) is 6.92 Å². The van der Waals surface area contributed by atoms with Crippen molar-refractivity contribution in [2.24, 2.45) is 0 Å². The third-order valence-corrected chi connectivity index (χ3v) is 0.605. The summed E-state index contributed by atoms with van der Waals surface area (Å²) < 4.78 is 4.65. The second-order valence-corrected chi connectivity index (χ2v) is 1.26. The number of hydrogen-bond donors (Lipinski definition) is 1. The molecule has 3 nitrogen and oxygen atoms in total. The molecule has 0 saturated carbocycles. The Morgan fingerprint density at radius 2 is 2.38 bits per heavy atom. The maximum absolute atomic E-state index is 9.77. The molecular formula is C5H9O3. The van der Waals surface area contributed by atoms with Crippen LogP contribution in [0, 0.1) is 6.92 Å². The van der Waals surface area contributed by atoms with Gasteiger partial charge in [-0.05, 0) is 6.92 Å². The van der Waals surface area contributed by atoms with Crippen LogP contribution in [0.5, 0.6) is 0 Å². The fraction of sp³-hybridized carbons (Fsp3) is 0.600. The quantitative estimate of drug-likeness (QED) is 0.539. The minimum atomic E-state index is -0.835. The van der Waals surface area contributed by atoms with Gasteiger partial charge in [0.2, 0.25) is 0 Å². The number of carboxylic acid groups (broad SMARTS) is 1. The molecule has 0 heterocycles. The summed E-state index contributed by atoms with van der Waals surface area (Å²) in [6.07, 6.45) is 0.0650. The molecule has 1 radical (unpaired) electrons. The summed E-state index contributed by atoms with van der Waals surface area (Å²) in [5, 5.41) is 8.04. The zero-order valence-corrected chi connectivity index (χ0v) is 4.59. The lowest BCUT2D eigenvalue weighted by molar-refractivity contribution is -0.138. The third kappa shape index (κ3) is 5.43. The van der Waals surface area contributed by atoms with Crippen LogP contribution in [0.25, 0.3) is 0 Å². The summed E-state index contributed by atoms with van der Waals surface area (Å²) in [4.78, 5) is 9.77. The smallest absolute Gasteiger partial charge is 0.305 e. The number of carboxylic acids is 1. The largest absolute Gasteiger partial charge is 0.481 e. The number of rotatable bonds is 4. The SMILES string of the molecule is [CH2]COCCC(=O)O. The zero-order chi connectivity index (χ0) is 6.41. The molecule has 0 saturated heterocycles. The Hall–Kier alpha value is -0.570. The van der Waals surface area contributed by atoms with E-state index in [0.717, 1.165) is 0 Å². The van der Waals surface area contributed by atoms with Crippen LogP contribution in [0.1, 0.15) is 6.42 Å². The maximum atomic E-state index is 9.77. The Bertz CT molecular complexity index is 70.1. The molecule has 0 aliphatic heterocycles. The molecule has 0 spiro atoms. The highest BCUT2D eigenvalue weighted by Gasteiger charge is 1.92. The lowest BCUT2D eigenvalue weighted by Crippen LogP contribution is -2.01. The zero-order valence-electron chi connectivity index (χ0n) is 4.59. The molecule has 3 heteroatoms. The third-order valence-electron chi connectivity index (χ3n) is 0.605. The molecular weight excluding hydrogens is 108 g/mol. The molecule has 47 valence electrons. The standard InChI is InChI=1S/C5H9O3/c1-2-8-4-3-5(6)7/h1-4H2,(H,6,7). The van der Waals surface area contributed by atoms with Gasteiger partial charge in [-0.3, -0.25) is 4.79 Å². The second kappa shape index (κ2) is 4.59. The molecule has 0 aromatic carbocycles. The first kappa shape index (κ1) is 7.43. The summed E-state index contributed by atoms with van der Waals surface area (Å²) in [5.74, 6) is -0.835. The molecule has 0 aromatic rings. The van der Waals surface area contributed by atoms with E-state index in [2.05, 4.69) is 11.7 Å². The minimum Gasteiger partial charge on any atom is -0.481 e. The molecule has 0 aliphatic carbocycles. The van der Waals surface area contributed by atoms with Crippen molar-refractivity contribution in [2.45, 2.75) is 6.42 Å². The maximum Gasteiger partial charge on any atom is 0.305 e. The van der Waals surface area contributed by atoms with Crippen molar-refractivity contribution in [3.63, 3.8) is 0 Å². The van der Waals surface area contributed by atoms with Crippen LogP contribution in [-0.2, 0) is 9.53 Å². The predicted molar refractivity (Wildman–Crippen MR) is 28.4 cm³/mol.